The van der Waals surface area contributed by atoms with Crippen LogP contribution in [0.25, 0.3) is 10.9 Å². The van der Waals surface area contributed by atoms with Gasteiger partial charge in [-0.05, 0) is 41.3 Å². The summed E-state index contributed by atoms with van der Waals surface area (Å²) in [5.41, 5.74) is 5.30. The minimum absolute atomic E-state index is 0.254. The van der Waals surface area contributed by atoms with Gasteiger partial charge in [-0.15, -0.1) is 0 Å². The van der Waals surface area contributed by atoms with Gasteiger partial charge in [0.05, 0.1) is 6.04 Å². The molecule has 0 radical (unpaired) electrons. The van der Waals surface area contributed by atoms with Gasteiger partial charge in [0.15, 0.2) is 0 Å². The van der Waals surface area contributed by atoms with Crippen molar-refractivity contribution in [2.75, 3.05) is 26.2 Å². The van der Waals surface area contributed by atoms with E-state index in [1.54, 1.807) is 0 Å². The van der Waals surface area contributed by atoms with Gasteiger partial charge < -0.3 is 4.98 Å². The topological polar surface area (TPSA) is 22.3 Å². The molecule has 164 valence electrons. The van der Waals surface area contributed by atoms with E-state index in [-0.39, 0.29) is 6.04 Å². The van der Waals surface area contributed by atoms with Crippen LogP contribution < -0.4 is 0 Å². The zero-order valence-electron chi connectivity index (χ0n) is 18.5. The van der Waals surface area contributed by atoms with Gasteiger partial charge in [-0.2, -0.15) is 0 Å². The van der Waals surface area contributed by atoms with E-state index in [0.29, 0.717) is 6.04 Å². The number of H-pyrrole nitrogens is 1. The standard InChI is InChI=1S/C28H30ClN3/c1-2-27(25-20-30-26-11-7-6-10-24(25)26)31-16-18-32(19-17-31)28(21-8-4-3-5-9-21)22-12-14-23(29)15-13-22/h3-15,20,27-28,30H,2,16-19H2,1H3. The largest absolute Gasteiger partial charge is 0.361 e. The number of para-hydroxylation sites is 1. The Kier molecular flexibility index (Phi) is 6.31. The number of nitrogens with one attached hydrogen (secondary N) is 1. The van der Waals surface area contributed by atoms with Crippen molar-refractivity contribution in [1.29, 1.82) is 0 Å². The number of rotatable bonds is 6. The maximum absolute atomic E-state index is 6.19. The number of nitrogens with zero attached hydrogens (tertiary/aromatic N) is 2. The fraction of sp³-hybridized carbons (Fsp3) is 0.286. The lowest BCUT2D eigenvalue weighted by Crippen LogP contribution is -2.48. The molecule has 1 N–H and O–H groups in total. The number of piperazine rings is 1. The van der Waals surface area contributed by atoms with Crippen LogP contribution in [0.3, 0.4) is 0 Å². The van der Waals surface area contributed by atoms with Gasteiger partial charge in [0, 0.05) is 54.3 Å². The van der Waals surface area contributed by atoms with E-state index >= 15 is 0 Å². The van der Waals surface area contributed by atoms with E-state index in [1.807, 2.05) is 12.1 Å². The molecule has 4 aromatic rings. The second kappa shape index (κ2) is 9.50. The molecule has 0 bridgehead atoms. The Morgan fingerprint density at radius 3 is 2.12 bits per heavy atom. The number of hydrogen-bond donors (Lipinski definition) is 1. The lowest BCUT2D eigenvalue weighted by Gasteiger charge is -2.42. The fourth-order valence-corrected chi connectivity index (χ4v) is 5.37. The summed E-state index contributed by atoms with van der Waals surface area (Å²) in [5.74, 6) is 0. The molecule has 1 aliphatic rings. The monoisotopic (exact) mass is 443 g/mol. The highest BCUT2D eigenvalue weighted by Crippen LogP contribution is 2.34. The van der Waals surface area contributed by atoms with Crippen molar-refractivity contribution in [1.82, 2.24) is 14.8 Å². The third-order valence-electron chi connectivity index (χ3n) is 6.82. The predicted molar refractivity (Wildman–Crippen MR) is 134 cm³/mol. The molecule has 3 nitrogen and oxygen atoms in total. The smallest absolute Gasteiger partial charge is 0.0602 e. The number of hydrogen-bond acceptors (Lipinski definition) is 2. The summed E-state index contributed by atoms with van der Waals surface area (Å²) in [6.45, 7) is 6.52. The first kappa shape index (κ1) is 21.3. The molecule has 0 spiro atoms. The van der Waals surface area contributed by atoms with Gasteiger partial charge in [0.1, 0.15) is 0 Å². The first-order valence-corrected chi connectivity index (χ1v) is 12.0. The molecule has 0 aliphatic carbocycles. The van der Waals surface area contributed by atoms with Crippen molar-refractivity contribution in [2.24, 2.45) is 0 Å². The summed E-state index contributed by atoms with van der Waals surface area (Å²) in [4.78, 5) is 8.75. The molecule has 5 rings (SSSR count). The Hall–Kier alpha value is -2.59. The fourth-order valence-electron chi connectivity index (χ4n) is 5.25. The van der Waals surface area contributed by atoms with Crippen molar-refractivity contribution < 1.29 is 0 Å². The van der Waals surface area contributed by atoms with Gasteiger partial charge in [0.2, 0.25) is 0 Å². The summed E-state index contributed by atoms with van der Waals surface area (Å²) in [6.07, 6.45) is 3.33. The molecule has 2 atom stereocenters. The zero-order valence-corrected chi connectivity index (χ0v) is 19.3. The number of halogens is 1. The van der Waals surface area contributed by atoms with E-state index in [0.717, 1.165) is 37.6 Å². The SMILES string of the molecule is CCC(c1c[nH]c2ccccc12)N1CCN(C(c2ccccc2)c2ccc(Cl)cc2)CC1. The lowest BCUT2D eigenvalue weighted by atomic mass is 9.95. The summed E-state index contributed by atoms with van der Waals surface area (Å²) in [6, 6.07) is 28.6. The van der Waals surface area contributed by atoms with Crippen molar-refractivity contribution in [3.05, 3.63) is 107 Å². The minimum atomic E-state index is 0.254. The van der Waals surface area contributed by atoms with E-state index in [1.165, 1.54) is 27.6 Å². The van der Waals surface area contributed by atoms with E-state index in [9.17, 15) is 0 Å². The second-order valence-electron chi connectivity index (χ2n) is 8.65. The Labute approximate surface area is 195 Å². The van der Waals surface area contributed by atoms with Gasteiger partial charge in [0.25, 0.3) is 0 Å². The highest BCUT2D eigenvalue weighted by atomic mass is 35.5. The normalized spacial score (nSPS) is 17.4. The van der Waals surface area contributed by atoms with Crippen LogP contribution in [0.5, 0.6) is 0 Å². The van der Waals surface area contributed by atoms with Gasteiger partial charge in [-0.1, -0.05) is 79.2 Å². The Balaban J connectivity index is 1.37. The first-order valence-electron chi connectivity index (χ1n) is 11.6. The Morgan fingerprint density at radius 2 is 1.41 bits per heavy atom. The third-order valence-corrected chi connectivity index (χ3v) is 7.07. The quantitative estimate of drug-likeness (QED) is 0.359. The van der Waals surface area contributed by atoms with Crippen LogP contribution in [-0.4, -0.2) is 41.0 Å². The molecule has 0 amide bonds. The maximum Gasteiger partial charge on any atom is 0.0602 e. The summed E-state index contributed by atoms with van der Waals surface area (Å²) in [7, 11) is 0. The molecule has 1 fully saturated rings. The minimum Gasteiger partial charge on any atom is -0.361 e. The average molecular weight is 444 g/mol. The summed E-state index contributed by atoms with van der Waals surface area (Å²) in [5, 5.41) is 2.14. The van der Waals surface area contributed by atoms with Crippen LogP contribution in [0.15, 0.2) is 85.1 Å². The molecule has 2 unspecified atom stereocenters. The van der Waals surface area contributed by atoms with E-state index in [4.69, 9.17) is 11.6 Å². The van der Waals surface area contributed by atoms with Crippen LogP contribution in [0.4, 0.5) is 0 Å². The molecule has 1 aromatic heterocycles. The average Bonchev–Trinajstić information content (AvgIpc) is 3.27. The van der Waals surface area contributed by atoms with Crippen LogP contribution in [-0.2, 0) is 0 Å². The number of fused-ring (bicyclic) bond motifs is 1. The molecular formula is C28H30ClN3. The highest BCUT2D eigenvalue weighted by molar-refractivity contribution is 6.30. The van der Waals surface area contributed by atoms with Crippen LogP contribution >= 0.6 is 11.6 Å². The van der Waals surface area contributed by atoms with Crippen molar-refractivity contribution in [3.63, 3.8) is 0 Å². The van der Waals surface area contributed by atoms with Crippen molar-refractivity contribution in [3.8, 4) is 0 Å². The van der Waals surface area contributed by atoms with E-state index in [2.05, 4.69) is 94.6 Å². The van der Waals surface area contributed by atoms with Crippen molar-refractivity contribution in [2.45, 2.75) is 25.4 Å². The third kappa shape index (κ3) is 4.21. The molecule has 1 saturated heterocycles. The lowest BCUT2D eigenvalue weighted by molar-refractivity contribution is 0.0772. The van der Waals surface area contributed by atoms with Crippen LogP contribution in [0.1, 0.15) is 42.1 Å². The molecule has 2 heterocycles. The summed E-state index contributed by atoms with van der Waals surface area (Å²) < 4.78 is 0. The van der Waals surface area contributed by atoms with Gasteiger partial charge in [-0.25, -0.2) is 0 Å². The van der Waals surface area contributed by atoms with Crippen LogP contribution in [0.2, 0.25) is 5.02 Å². The molecule has 3 aromatic carbocycles. The molecule has 32 heavy (non-hydrogen) atoms. The molecular weight excluding hydrogens is 414 g/mol. The van der Waals surface area contributed by atoms with Gasteiger partial charge in [-0.3, -0.25) is 9.80 Å². The number of benzene rings is 3. The molecule has 0 saturated carbocycles. The van der Waals surface area contributed by atoms with Crippen molar-refractivity contribution >= 4 is 22.5 Å². The Bertz CT molecular complexity index is 1140. The number of aromatic nitrogens is 1. The van der Waals surface area contributed by atoms with E-state index < -0.39 is 0 Å². The first-order chi connectivity index (χ1) is 15.7. The highest BCUT2D eigenvalue weighted by Gasteiger charge is 2.30. The molecule has 4 heteroatoms. The van der Waals surface area contributed by atoms with Crippen LogP contribution in [0, 0.1) is 0 Å². The second-order valence-corrected chi connectivity index (χ2v) is 9.09. The van der Waals surface area contributed by atoms with Gasteiger partial charge >= 0.3 is 0 Å². The zero-order chi connectivity index (χ0) is 21.9. The number of aromatic amines is 1. The summed E-state index contributed by atoms with van der Waals surface area (Å²) >= 11 is 6.19. The Morgan fingerprint density at radius 1 is 0.781 bits per heavy atom. The maximum atomic E-state index is 6.19. The predicted octanol–water partition coefficient (Wildman–Crippen LogP) is 6.68. The molecule has 1 aliphatic heterocycles.